The Labute approximate surface area is 151 Å². The molecule has 140 valence electrons. The van der Waals surface area contributed by atoms with E-state index in [1.54, 1.807) is 0 Å². The predicted octanol–water partition coefficient (Wildman–Crippen LogP) is 3.83. The van der Waals surface area contributed by atoms with Gasteiger partial charge in [0.15, 0.2) is 0 Å². The molecule has 5 nitrogen and oxygen atoms in total. The molecule has 0 bridgehead atoms. The standard InChI is InChI=1S/C20H32N2O3/c1-2-3-4-5-6-7-11-14-20(24)21-15-16-22(18-23)25-17-19-12-9-8-10-13-19/h8-10,12-13,18H,2-7,11,14-17H2,1H3,(H,21,24). The lowest BCUT2D eigenvalue weighted by atomic mass is 10.1. The lowest BCUT2D eigenvalue weighted by molar-refractivity contribution is -0.177. The molecule has 0 saturated carbocycles. The van der Waals surface area contributed by atoms with Crippen LogP contribution in [0.4, 0.5) is 0 Å². The Kier molecular flexibility index (Phi) is 12.2. The van der Waals surface area contributed by atoms with E-state index in [9.17, 15) is 9.59 Å². The van der Waals surface area contributed by atoms with Gasteiger partial charge in [-0.15, -0.1) is 0 Å². The highest BCUT2D eigenvalue weighted by Gasteiger charge is 2.05. The summed E-state index contributed by atoms with van der Waals surface area (Å²) in [5.74, 6) is 0.0440. The largest absolute Gasteiger partial charge is 0.354 e. The number of benzene rings is 1. The molecule has 1 aromatic carbocycles. The molecule has 0 aliphatic heterocycles. The number of hydrogen-bond acceptors (Lipinski definition) is 3. The van der Waals surface area contributed by atoms with E-state index in [-0.39, 0.29) is 5.91 Å². The van der Waals surface area contributed by atoms with E-state index in [1.165, 1.54) is 37.2 Å². The number of carbonyl (C=O) groups is 2. The number of nitrogens with zero attached hydrogens (tertiary/aromatic N) is 1. The van der Waals surface area contributed by atoms with Crippen molar-refractivity contribution in [1.29, 1.82) is 0 Å². The molecule has 1 rings (SSSR count). The first-order valence-corrected chi connectivity index (χ1v) is 9.41. The van der Waals surface area contributed by atoms with Gasteiger partial charge in [0.1, 0.15) is 6.61 Å². The van der Waals surface area contributed by atoms with Gasteiger partial charge >= 0.3 is 0 Å². The van der Waals surface area contributed by atoms with Crippen molar-refractivity contribution in [3.8, 4) is 0 Å². The smallest absolute Gasteiger partial charge is 0.233 e. The van der Waals surface area contributed by atoms with Gasteiger partial charge < -0.3 is 5.32 Å². The van der Waals surface area contributed by atoms with Crippen molar-refractivity contribution in [2.24, 2.45) is 0 Å². The predicted molar refractivity (Wildman–Crippen MR) is 99.6 cm³/mol. The molecule has 0 aliphatic rings. The third kappa shape index (κ3) is 11.3. The summed E-state index contributed by atoms with van der Waals surface area (Å²) in [6.45, 7) is 3.30. The average molecular weight is 348 g/mol. The van der Waals surface area contributed by atoms with Crippen molar-refractivity contribution in [1.82, 2.24) is 10.4 Å². The summed E-state index contributed by atoms with van der Waals surface area (Å²) in [6, 6.07) is 9.66. The first-order chi connectivity index (χ1) is 12.3. The van der Waals surface area contributed by atoms with Gasteiger partial charge in [0, 0.05) is 13.0 Å². The van der Waals surface area contributed by atoms with E-state index >= 15 is 0 Å². The summed E-state index contributed by atoms with van der Waals surface area (Å²) >= 11 is 0. The minimum absolute atomic E-state index is 0.0440. The number of nitrogens with one attached hydrogen (secondary N) is 1. The van der Waals surface area contributed by atoms with Crippen LogP contribution in [-0.2, 0) is 21.0 Å². The summed E-state index contributed by atoms with van der Waals surface area (Å²) in [4.78, 5) is 28.2. The molecule has 0 atom stereocenters. The maximum Gasteiger partial charge on any atom is 0.233 e. The molecule has 0 saturated heterocycles. The number of rotatable bonds is 15. The number of hydroxylamine groups is 2. The second-order valence-corrected chi connectivity index (χ2v) is 6.23. The van der Waals surface area contributed by atoms with Crippen LogP contribution >= 0.6 is 0 Å². The molecular weight excluding hydrogens is 316 g/mol. The summed E-state index contributed by atoms with van der Waals surface area (Å²) in [7, 11) is 0. The highest BCUT2D eigenvalue weighted by Crippen LogP contribution is 2.08. The summed E-state index contributed by atoms with van der Waals surface area (Å²) in [6.07, 6.45) is 9.58. The summed E-state index contributed by atoms with van der Waals surface area (Å²) in [5.41, 5.74) is 0.998. The maximum absolute atomic E-state index is 11.8. The molecule has 1 aromatic rings. The zero-order valence-electron chi connectivity index (χ0n) is 15.4. The lowest BCUT2D eigenvalue weighted by Gasteiger charge is -2.17. The normalized spacial score (nSPS) is 10.4. The van der Waals surface area contributed by atoms with Crippen LogP contribution in [0.2, 0.25) is 0 Å². The topological polar surface area (TPSA) is 58.6 Å². The fraction of sp³-hybridized carbons (Fsp3) is 0.600. The molecule has 2 amide bonds. The molecule has 25 heavy (non-hydrogen) atoms. The molecule has 0 unspecified atom stereocenters. The minimum Gasteiger partial charge on any atom is -0.354 e. The van der Waals surface area contributed by atoms with Crippen LogP contribution in [0, 0.1) is 0 Å². The van der Waals surface area contributed by atoms with Crippen molar-refractivity contribution >= 4 is 12.3 Å². The summed E-state index contributed by atoms with van der Waals surface area (Å²) < 4.78 is 0. The van der Waals surface area contributed by atoms with Gasteiger partial charge in [-0.2, -0.15) is 0 Å². The molecule has 1 N–H and O–H groups in total. The van der Waals surface area contributed by atoms with Gasteiger partial charge in [-0.1, -0.05) is 75.8 Å². The van der Waals surface area contributed by atoms with Gasteiger partial charge in [-0.3, -0.25) is 14.4 Å². The SMILES string of the molecule is CCCCCCCCCC(=O)NCCN(C=O)OCc1ccccc1. The third-order valence-electron chi connectivity index (χ3n) is 4.02. The van der Waals surface area contributed by atoms with Gasteiger partial charge in [0.05, 0.1) is 6.54 Å². The number of hydrogen-bond donors (Lipinski definition) is 1. The Hall–Kier alpha value is -1.88. The Morgan fingerprint density at radius 3 is 2.44 bits per heavy atom. The van der Waals surface area contributed by atoms with Crippen molar-refractivity contribution < 1.29 is 14.4 Å². The van der Waals surface area contributed by atoms with Crippen molar-refractivity contribution in [2.45, 2.75) is 64.9 Å². The van der Waals surface area contributed by atoms with E-state index in [0.717, 1.165) is 18.4 Å². The second-order valence-electron chi connectivity index (χ2n) is 6.23. The fourth-order valence-corrected chi connectivity index (χ4v) is 2.52. The Balaban J connectivity index is 2.03. The van der Waals surface area contributed by atoms with E-state index in [2.05, 4.69) is 12.2 Å². The molecule has 0 heterocycles. The van der Waals surface area contributed by atoms with Gasteiger partial charge in [0.2, 0.25) is 12.3 Å². The molecule has 0 spiro atoms. The number of unbranched alkanes of at least 4 members (excludes halogenated alkanes) is 6. The Morgan fingerprint density at radius 2 is 1.76 bits per heavy atom. The Bertz CT molecular complexity index is 465. The van der Waals surface area contributed by atoms with Crippen LogP contribution in [0.5, 0.6) is 0 Å². The van der Waals surface area contributed by atoms with Crippen LogP contribution in [0.3, 0.4) is 0 Å². The van der Waals surface area contributed by atoms with Crippen molar-refractivity contribution in [2.75, 3.05) is 13.1 Å². The number of carbonyl (C=O) groups excluding carboxylic acids is 2. The van der Waals surface area contributed by atoms with Crippen LogP contribution in [0.25, 0.3) is 0 Å². The zero-order chi connectivity index (χ0) is 18.2. The molecule has 0 aromatic heterocycles. The highest BCUT2D eigenvalue weighted by molar-refractivity contribution is 5.75. The summed E-state index contributed by atoms with van der Waals surface area (Å²) in [5, 5.41) is 4.06. The van der Waals surface area contributed by atoms with Crippen LogP contribution in [-0.4, -0.2) is 30.5 Å². The zero-order valence-corrected chi connectivity index (χ0v) is 15.4. The van der Waals surface area contributed by atoms with Crippen molar-refractivity contribution in [3.63, 3.8) is 0 Å². The molecule has 5 heteroatoms. The third-order valence-corrected chi connectivity index (χ3v) is 4.02. The monoisotopic (exact) mass is 348 g/mol. The molecule has 0 radical (unpaired) electrons. The van der Waals surface area contributed by atoms with Crippen LogP contribution in [0.1, 0.15) is 63.9 Å². The second kappa shape index (κ2) is 14.5. The van der Waals surface area contributed by atoms with Crippen LogP contribution in [0.15, 0.2) is 30.3 Å². The van der Waals surface area contributed by atoms with Gasteiger partial charge in [-0.25, -0.2) is 5.06 Å². The maximum atomic E-state index is 11.8. The lowest BCUT2D eigenvalue weighted by Crippen LogP contribution is -2.34. The highest BCUT2D eigenvalue weighted by atomic mass is 16.7. The van der Waals surface area contributed by atoms with Gasteiger partial charge in [0.25, 0.3) is 0 Å². The van der Waals surface area contributed by atoms with E-state index in [4.69, 9.17) is 4.84 Å². The number of amides is 2. The molecular formula is C20H32N2O3. The fourth-order valence-electron chi connectivity index (χ4n) is 2.52. The first kappa shape index (κ1) is 21.2. The van der Waals surface area contributed by atoms with E-state index in [0.29, 0.717) is 32.5 Å². The van der Waals surface area contributed by atoms with Crippen molar-refractivity contribution in [3.05, 3.63) is 35.9 Å². The van der Waals surface area contributed by atoms with Gasteiger partial charge in [-0.05, 0) is 12.0 Å². The van der Waals surface area contributed by atoms with Crippen LogP contribution < -0.4 is 5.32 Å². The van der Waals surface area contributed by atoms with E-state index in [1.807, 2.05) is 30.3 Å². The Morgan fingerprint density at radius 1 is 1.08 bits per heavy atom. The quantitative estimate of drug-likeness (QED) is 0.298. The minimum atomic E-state index is 0.0440. The van der Waals surface area contributed by atoms with E-state index < -0.39 is 0 Å². The first-order valence-electron chi connectivity index (χ1n) is 9.41. The molecule has 0 aliphatic carbocycles. The molecule has 0 fully saturated rings. The average Bonchev–Trinajstić information content (AvgIpc) is 2.64.